The molecular weight excluding hydrogens is 198 g/mol. The van der Waals surface area contributed by atoms with Crippen LogP contribution in [0.15, 0.2) is 41.5 Å². The Labute approximate surface area is 94.9 Å². The van der Waals surface area contributed by atoms with Crippen molar-refractivity contribution in [1.82, 2.24) is 4.57 Å². The molecule has 2 N–H and O–H groups in total. The van der Waals surface area contributed by atoms with Crippen molar-refractivity contribution < 1.29 is 0 Å². The molecule has 3 nitrogen and oxygen atoms in total. The van der Waals surface area contributed by atoms with Crippen LogP contribution in [0.1, 0.15) is 5.56 Å². The molecule has 0 bridgehead atoms. The lowest BCUT2D eigenvalue weighted by molar-refractivity contribution is 0.967. The van der Waals surface area contributed by atoms with Crippen molar-refractivity contribution in [2.75, 3.05) is 7.05 Å². The van der Waals surface area contributed by atoms with Gasteiger partial charge in [0.15, 0.2) is 0 Å². The number of fused-ring (bicyclic) bond motifs is 1. The molecule has 1 aromatic carbocycles. The largest absolute Gasteiger partial charge is 0.398 e. The number of benzene rings is 1. The summed E-state index contributed by atoms with van der Waals surface area (Å²) in [5, 5.41) is 1.17. The van der Waals surface area contributed by atoms with Crippen LogP contribution in [0.2, 0.25) is 0 Å². The maximum atomic E-state index is 6.02. The predicted octanol–water partition coefficient (Wildman–Crippen LogP) is 2.18. The lowest BCUT2D eigenvalue weighted by Gasteiger charge is -1.97. The molecule has 2 rings (SSSR count). The van der Waals surface area contributed by atoms with E-state index in [9.17, 15) is 0 Å². The van der Waals surface area contributed by atoms with Crippen LogP contribution in [0.25, 0.3) is 16.6 Å². The number of aromatic nitrogens is 1. The quantitative estimate of drug-likeness (QED) is 0.763. The molecule has 0 saturated carbocycles. The summed E-state index contributed by atoms with van der Waals surface area (Å²) in [6, 6.07) is 8.21. The van der Waals surface area contributed by atoms with Gasteiger partial charge in [0.05, 0.1) is 0 Å². The van der Waals surface area contributed by atoms with Gasteiger partial charge in [0, 0.05) is 48.7 Å². The molecule has 3 heteroatoms. The molecule has 0 aliphatic carbocycles. The van der Waals surface area contributed by atoms with Gasteiger partial charge in [-0.05, 0) is 12.1 Å². The number of nitrogens with two attached hydrogens (primary N) is 1. The van der Waals surface area contributed by atoms with Crippen molar-refractivity contribution in [1.29, 1.82) is 0 Å². The first-order chi connectivity index (χ1) is 7.74. The van der Waals surface area contributed by atoms with Crippen molar-refractivity contribution in [2.24, 2.45) is 17.8 Å². The lowest BCUT2D eigenvalue weighted by atomic mass is 10.1. The van der Waals surface area contributed by atoms with Gasteiger partial charge in [0.1, 0.15) is 0 Å². The fourth-order valence-corrected chi connectivity index (χ4v) is 1.82. The monoisotopic (exact) mass is 213 g/mol. The first-order valence-electron chi connectivity index (χ1n) is 5.16. The first-order valence-corrected chi connectivity index (χ1v) is 5.16. The Balaban J connectivity index is 2.61. The zero-order valence-corrected chi connectivity index (χ0v) is 9.51. The van der Waals surface area contributed by atoms with Gasteiger partial charge in [-0.2, -0.15) is 0 Å². The van der Waals surface area contributed by atoms with Gasteiger partial charge in [-0.15, -0.1) is 0 Å². The SMILES string of the molecule is CN=C/C=C(\N)c1cn(C)c2ccccc12. The number of nitrogens with zero attached hydrogens (tertiary/aromatic N) is 2. The van der Waals surface area contributed by atoms with Gasteiger partial charge in [-0.1, -0.05) is 18.2 Å². The molecule has 0 fully saturated rings. The van der Waals surface area contributed by atoms with Crippen LogP contribution in [0.3, 0.4) is 0 Å². The third-order valence-electron chi connectivity index (χ3n) is 2.61. The smallest absolute Gasteiger partial charge is 0.0484 e. The van der Waals surface area contributed by atoms with Crippen molar-refractivity contribution >= 4 is 22.8 Å². The van der Waals surface area contributed by atoms with Gasteiger partial charge in [0.2, 0.25) is 0 Å². The van der Waals surface area contributed by atoms with E-state index in [-0.39, 0.29) is 0 Å². The Bertz CT molecular complexity index is 562. The summed E-state index contributed by atoms with van der Waals surface area (Å²) in [4.78, 5) is 3.90. The maximum absolute atomic E-state index is 6.02. The highest BCUT2D eigenvalue weighted by atomic mass is 14.9. The van der Waals surface area contributed by atoms with Crippen LogP contribution in [-0.4, -0.2) is 17.8 Å². The lowest BCUT2D eigenvalue weighted by Crippen LogP contribution is -1.95. The molecule has 82 valence electrons. The molecule has 0 saturated heterocycles. The Morgan fingerprint density at radius 2 is 2.12 bits per heavy atom. The van der Waals surface area contributed by atoms with E-state index in [1.165, 1.54) is 10.9 Å². The zero-order chi connectivity index (χ0) is 11.5. The van der Waals surface area contributed by atoms with E-state index in [1.807, 2.05) is 31.5 Å². The van der Waals surface area contributed by atoms with E-state index < -0.39 is 0 Å². The minimum atomic E-state index is 0.738. The average molecular weight is 213 g/mol. The maximum Gasteiger partial charge on any atom is 0.0484 e. The molecule has 0 amide bonds. The number of aliphatic imine (C=N–C) groups is 1. The molecule has 0 aliphatic rings. The van der Waals surface area contributed by atoms with Crippen LogP contribution in [0.5, 0.6) is 0 Å². The molecule has 2 aromatic rings. The Morgan fingerprint density at radius 1 is 1.38 bits per heavy atom. The Hall–Kier alpha value is -2.03. The van der Waals surface area contributed by atoms with Gasteiger partial charge >= 0.3 is 0 Å². The van der Waals surface area contributed by atoms with E-state index in [1.54, 1.807) is 13.3 Å². The van der Waals surface area contributed by atoms with Gasteiger partial charge in [-0.3, -0.25) is 4.99 Å². The van der Waals surface area contributed by atoms with E-state index in [0.717, 1.165) is 11.3 Å². The molecule has 0 aliphatic heterocycles. The summed E-state index contributed by atoms with van der Waals surface area (Å²) in [6.07, 6.45) is 5.57. The number of aryl methyl sites for hydroxylation is 1. The van der Waals surface area contributed by atoms with Crippen LogP contribution < -0.4 is 5.73 Å². The molecule has 0 spiro atoms. The van der Waals surface area contributed by atoms with E-state index >= 15 is 0 Å². The normalized spacial score (nSPS) is 12.8. The van der Waals surface area contributed by atoms with Crippen molar-refractivity contribution in [3.63, 3.8) is 0 Å². The molecule has 0 unspecified atom stereocenters. The molecule has 16 heavy (non-hydrogen) atoms. The molecule has 1 aromatic heterocycles. The highest BCUT2D eigenvalue weighted by Crippen LogP contribution is 2.23. The Kier molecular flexibility index (Phi) is 2.77. The van der Waals surface area contributed by atoms with Crippen molar-refractivity contribution in [3.8, 4) is 0 Å². The fourth-order valence-electron chi connectivity index (χ4n) is 1.82. The van der Waals surface area contributed by atoms with E-state index in [2.05, 4.69) is 21.7 Å². The van der Waals surface area contributed by atoms with E-state index in [0.29, 0.717) is 0 Å². The topological polar surface area (TPSA) is 43.3 Å². The third kappa shape index (κ3) is 1.72. The number of para-hydroxylation sites is 1. The predicted molar refractivity (Wildman–Crippen MR) is 69.5 cm³/mol. The first kappa shape index (κ1) is 10.5. The highest BCUT2D eigenvalue weighted by molar-refractivity contribution is 5.95. The number of hydrogen-bond donors (Lipinski definition) is 1. The van der Waals surface area contributed by atoms with Crippen LogP contribution in [0, 0.1) is 0 Å². The zero-order valence-electron chi connectivity index (χ0n) is 9.51. The molecular formula is C13H15N3. The minimum Gasteiger partial charge on any atom is -0.398 e. The second-order valence-electron chi connectivity index (χ2n) is 3.70. The van der Waals surface area contributed by atoms with Crippen molar-refractivity contribution in [2.45, 2.75) is 0 Å². The van der Waals surface area contributed by atoms with Gasteiger partial charge in [-0.25, -0.2) is 0 Å². The summed E-state index contributed by atoms with van der Waals surface area (Å²) in [6.45, 7) is 0. The summed E-state index contributed by atoms with van der Waals surface area (Å²) >= 11 is 0. The third-order valence-corrected chi connectivity index (χ3v) is 2.61. The summed E-state index contributed by atoms with van der Waals surface area (Å²) in [5.41, 5.74) is 8.99. The minimum absolute atomic E-state index is 0.738. The number of allylic oxidation sites excluding steroid dienone is 1. The summed E-state index contributed by atoms with van der Waals surface area (Å²) < 4.78 is 2.08. The average Bonchev–Trinajstić information content (AvgIpc) is 2.65. The number of rotatable bonds is 2. The molecule has 0 atom stereocenters. The van der Waals surface area contributed by atoms with Crippen LogP contribution >= 0.6 is 0 Å². The highest BCUT2D eigenvalue weighted by Gasteiger charge is 2.06. The van der Waals surface area contributed by atoms with E-state index in [4.69, 9.17) is 5.73 Å². The Morgan fingerprint density at radius 3 is 2.88 bits per heavy atom. The van der Waals surface area contributed by atoms with Crippen LogP contribution in [0.4, 0.5) is 0 Å². The van der Waals surface area contributed by atoms with Gasteiger partial charge < -0.3 is 10.3 Å². The summed E-state index contributed by atoms with van der Waals surface area (Å²) in [5.74, 6) is 0. The van der Waals surface area contributed by atoms with Gasteiger partial charge in [0.25, 0.3) is 0 Å². The second kappa shape index (κ2) is 4.23. The van der Waals surface area contributed by atoms with Crippen molar-refractivity contribution in [3.05, 3.63) is 42.1 Å². The molecule has 0 radical (unpaired) electrons. The standard InChI is InChI=1S/C13H15N3/c1-15-8-7-12(14)11-9-16(2)13-6-4-3-5-10(11)13/h3-9H,14H2,1-2H3/b12-7-,15-8?. The van der Waals surface area contributed by atoms with Crippen LogP contribution in [-0.2, 0) is 7.05 Å². The second-order valence-corrected chi connectivity index (χ2v) is 3.70. The fraction of sp³-hybridized carbons (Fsp3) is 0.154. The number of hydrogen-bond acceptors (Lipinski definition) is 2. The summed E-state index contributed by atoms with van der Waals surface area (Å²) in [7, 11) is 3.75. The molecule has 1 heterocycles.